The van der Waals surface area contributed by atoms with Crippen LogP contribution in [0.1, 0.15) is 35.4 Å². The highest BCUT2D eigenvalue weighted by atomic mass is 16.2. The van der Waals surface area contributed by atoms with E-state index in [4.69, 9.17) is 5.73 Å². The standard InChI is InChI=1S/C23H29N3O/c1-25(2)22-9-6-18(7-10-22)8-11-23(27)26-14-12-20(13-15-26)21-5-3-4-19(16-21)17-24/h3-11,16,20H,12-15,17,24H2,1-2H3/b11-8+. The molecule has 4 heteroatoms. The molecule has 1 heterocycles. The molecule has 0 bridgehead atoms. The lowest BCUT2D eigenvalue weighted by atomic mass is 9.88. The van der Waals surface area contributed by atoms with Gasteiger partial charge in [0.05, 0.1) is 0 Å². The van der Waals surface area contributed by atoms with Gasteiger partial charge in [-0.15, -0.1) is 0 Å². The van der Waals surface area contributed by atoms with E-state index >= 15 is 0 Å². The minimum Gasteiger partial charge on any atom is -0.378 e. The van der Waals surface area contributed by atoms with Gasteiger partial charge in [0.2, 0.25) is 5.91 Å². The van der Waals surface area contributed by atoms with Crippen LogP contribution < -0.4 is 10.6 Å². The molecular formula is C23H29N3O. The molecule has 142 valence electrons. The summed E-state index contributed by atoms with van der Waals surface area (Å²) in [5.74, 6) is 0.615. The van der Waals surface area contributed by atoms with Crippen LogP contribution in [-0.2, 0) is 11.3 Å². The number of anilines is 1. The van der Waals surface area contributed by atoms with Gasteiger partial charge in [0, 0.05) is 45.5 Å². The molecule has 0 aromatic heterocycles. The zero-order chi connectivity index (χ0) is 19.2. The van der Waals surface area contributed by atoms with Gasteiger partial charge in [0.15, 0.2) is 0 Å². The molecule has 0 aliphatic carbocycles. The average Bonchev–Trinajstić information content (AvgIpc) is 2.72. The lowest BCUT2D eigenvalue weighted by molar-refractivity contribution is -0.126. The fraction of sp³-hybridized carbons (Fsp3) is 0.348. The summed E-state index contributed by atoms with van der Waals surface area (Å²) in [6.07, 6.45) is 5.61. The lowest BCUT2D eigenvalue weighted by Gasteiger charge is -2.31. The normalized spacial score (nSPS) is 15.3. The number of piperidine rings is 1. The SMILES string of the molecule is CN(C)c1ccc(/C=C/C(=O)N2CCC(c3cccc(CN)c3)CC2)cc1. The van der Waals surface area contributed by atoms with Gasteiger partial charge in [0.25, 0.3) is 0 Å². The Bertz CT molecular complexity index is 788. The number of carbonyl (C=O) groups excluding carboxylic acids is 1. The highest BCUT2D eigenvalue weighted by molar-refractivity contribution is 5.91. The average molecular weight is 364 g/mol. The number of nitrogens with zero attached hydrogens (tertiary/aromatic N) is 2. The van der Waals surface area contributed by atoms with Crippen molar-refractivity contribution in [3.05, 3.63) is 71.3 Å². The van der Waals surface area contributed by atoms with Crippen LogP contribution >= 0.6 is 0 Å². The van der Waals surface area contributed by atoms with Crippen LogP contribution in [0, 0.1) is 0 Å². The second kappa shape index (κ2) is 8.87. The van der Waals surface area contributed by atoms with Crippen molar-refractivity contribution in [1.29, 1.82) is 0 Å². The number of carbonyl (C=O) groups is 1. The Labute approximate surface area is 162 Å². The maximum Gasteiger partial charge on any atom is 0.246 e. The lowest BCUT2D eigenvalue weighted by Crippen LogP contribution is -2.36. The van der Waals surface area contributed by atoms with Gasteiger partial charge in [-0.1, -0.05) is 36.4 Å². The van der Waals surface area contributed by atoms with Crippen LogP contribution in [-0.4, -0.2) is 38.0 Å². The maximum absolute atomic E-state index is 12.5. The summed E-state index contributed by atoms with van der Waals surface area (Å²) in [6, 6.07) is 16.7. The number of nitrogens with two attached hydrogens (primary N) is 1. The van der Waals surface area contributed by atoms with Crippen LogP contribution in [0.2, 0.25) is 0 Å². The quantitative estimate of drug-likeness (QED) is 0.825. The van der Waals surface area contributed by atoms with Crippen molar-refractivity contribution in [2.75, 3.05) is 32.1 Å². The third-order valence-electron chi connectivity index (χ3n) is 5.29. The fourth-order valence-electron chi connectivity index (χ4n) is 3.56. The van der Waals surface area contributed by atoms with Gasteiger partial charge in [0.1, 0.15) is 0 Å². The summed E-state index contributed by atoms with van der Waals surface area (Å²) in [5, 5.41) is 0. The number of hydrogen-bond donors (Lipinski definition) is 1. The van der Waals surface area contributed by atoms with Gasteiger partial charge >= 0.3 is 0 Å². The predicted molar refractivity (Wildman–Crippen MR) is 113 cm³/mol. The van der Waals surface area contributed by atoms with E-state index in [1.165, 1.54) is 11.1 Å². The molecular weight excluding hydrogens is 334 g/mol. The van der Waals surface area contributed by atoms with Crippen LogP contribution in [0.4, 0.5) is 5.69 Å². The van der Waals surface area contributed by atoms with E-state index in [9.17, 15) is 4.79 Å². The van der Waals surface area contributed by atoms with Crippen molar-refractivity contribution >= 4 is 17.7 Å². The van der Waals surface area contributed by atoms with E-state index in [-0.39, 0.29) is 5.91 Å². The molecule has 2 aromatic rings. The highest BCUT2D eigenvalue weighted by Crippen LogP contribution is 2.28. The Hall–Kier alpha value is -2.59. The minimum absolute atomic E-state index is 0.0980. The van der Waals surface area contributed by atoms with E-state index < -0.39 is 0 Å². The summed E-state index contributed by atoms with van der Waals surface area (Å²) < 4.78 is 0. The van der Waals surface area contributed by atoms with E-state index in [1.807, 2.05) is 37.2 Å². The molecule has 1 aliphatic heterocycles. The van der Waals surface area contributed by atoms with Gasteiger partial charge < -0.3 is 15.5 Å². The monoisotopic (exact) mass is 363 g/mol. The zero-order valence-electron chi connectivity index (χ0n) is 16.3. The third kappa shape index (κ3) is 4.98. The first-order chi connectivity index (χ1) is 13.1. The van der Waals surface area contributed by atoms with Gasteiger partial charge in [-0.05, 0) is 53.7 Å². The van der Waals surface area contributed by atoms with E-state index in [0.29, 0.717) is 12.5 Å². The molecule has 3 rings (SSSR count). The molecule has 1 amide bonds. The second-order valence-corrected chi connectivity index (χ2v) is 7.37. The topological polar surface area (TPSA) is 49.6 Å². The minimum atomic E-state index is 0.0980. The molecule has 0 spiro atoms. The number of rotatable bonds is 5. The number of hydrogen-bond acceptors (Lipinski definition) is 3. The molecule has 0 saturated carbocycles. The predicted octanol–water partition coefficient (Wildman–Crippen LogP) is 3.63. The van der Waals surface area contributed by atoms with Crippen LogP contribution in [0.25, 0.3) is 6.08 Å². The third-order valence-corrected chi connectivity index (χ3v) is 5.29. The first kappa shape index (κ1) is 19.2. The Morgan fingerprint density at radius 2 is 1.85 bits per heavy atom. The van der Waals surface area contributed by atoms with E-state index in [2.05, 4.69) is 41.3 Å². The summed E-state index contributed by atoms with van der Waals surface area (Å²) in [5.41, 5.74) is 10.5. The van der Waals surface area contributed by atoms with Crippen molar-refractivity contribution in [1.82, 2.24) is 4.90 Å². The molecule has 27 heavy (non-hydrogen) atoms. The fourth-order valence-corrected chi connectivity index (χ4v) is 3.56. The number of benzene rings is 2. The first-order valence-corrected chi connectivity index (χ1v) is 9.60. The Morgan fingerprint density at radius 3 is 2.48 bits per heavy atom. The summed E-state index contributed by atoms with van der Waals surface area (Å²) in [7, 11) is 4.04. The molecule has 1 saturated heterocycles. The summed E-state index contributed by atoms with van der Waals surface area (Å²) in [6.45, 7) is 2.19. The Balaban J connectivity index is 1.55. The highest BCUT2D eigenvalue weighted by Gasteiger charge is 2.22. The van der Waals surface area contributed by atoms with Crippen molar-refractivity contribution < 1.29 is 4.79 Å². The molecule has 0 unspecified atom stereocenters. The smallest absolute Gasteiger partial charge is 0.246 e. The van der Waals surface area contributed by atoms with Gasteiger partial charge in [-0.2, -0.15) is 0 Å². The molecule has 2 N–H and O–H groups in total. The summed E-state index contributed by atoms with van der Waals surface area (Å²) in [4.78, 5) is 16.5. The Kier molecular flexibility index (Phi) is 6.30. The maximum atomic E-state index is 12.5. The van der Waals surface area contributed by atoms with Crippen LogP contribution in [0.15, 0.2) is 54.6 Å². The van der Waals surface area contributed by atoms with Crippen molar-refractivity contribution in [2.45, 2.75) is 25.3 Å². The molecule has 1 aliphatic rings. The molecule has 4 nitrogen and oxygen atoms in total. The molecule has 1 fully saturated rings. The molecule has 0 radical (unpaired) electrons. The Morgan fingerprint density at radius 1 is 1.15 bits per heavy atom. The summed E-state index contributed by atoms with van der Waals surface area (Å²) >= 11 is 0. The number of amides is 1. The van der Waals surface area contributed by atoms with E-state index in [1.54, 1.807) is 6.08 Å². The van der Waals surface area contributed by atoms with Crippen molar-refractivity contribution in [3.63, 3.8) is 0 Å². The van der Waals surface area contributed by atoms with Crippen LogP contribution in [0.5, 0.6) is 0 Å². The van der Waals surface area contributed by atoms with Crippen molar-refractivity contribution in [2.24, 2.45) is 5.73 Å². The van der Waals surface area contributed by atoms with Crippen LogP contribution in [0.3, 0.4) is 0 Å². The van der Waals surface area contributed by atoms with E-state index in [0.717, 1.165) is 37.2 Å². The first-order valence-electron chi connectivity index (χ1n) is 9.60. The van der Waals surface area contributed by atoms with Gasteiger partial charge in [-0.25, -0.2) is 0 Å². The number of likely N-dealkylation sites (tertiary alicyclic amines) is 1. The zero-order valence-corrected chi connectivity index (χ0v) is 16.3. The second-order valence-electron chi connectivity index (χ2n) is 7.37. The van der Waals surface area contributed by atoms with Gasteiger partial charge in [-0.3, -0.25) is 4.79 Å². The largest absolute Gasteiger partial charge is 0.378 e. The molecule has 2 aromatic carbocycles. The van der Waals surface area contributed by atoms with Crippen molar-refractivity contribution in [3.8, 4) is 0 Å². The molecule has 0 atom stereocenters.